The first-order valence-corrected chi connectivity index (χ1v) is 7.17. The second-order valence-corrected chi connectivity index (χ2v) is 4.78. The van der Waals surface area contributed by atoms with Crippen LogP contribution in [0.2, 0.25) is 0 Å². The Labute approximate surface area is 120 Å². The highest BCUT2D eigenvalue weighted by Gasteiger charge is 2.07. The van der Waals surface area contributed by atoms with E-state index in [0.717, 1.165) is 36.6 Å². The molecule has 0 saturated carbocycles. The fraction of sp³-hybridized carbons (Fsp3) is 0.438. The van der Waals surface area contributed by atoms with Gasteiger partial charge in [-0.15, -0.1) is 0 Å². The lowest BCUT2D eigenvalue weighted by atomic mass is 10.2. The van der Waals surface area contributed by atoms with Crippen molar-refractivity contribution in [2.45, 2.75) is 33.4 Å². The third-order valence-corrected chi connectivity index (χ3v) is 3.30. The third kappa shape index (κ3) is 3.61. The molecule has 4 nitrogen and oxygen atoms in total. The van der Waals surface area contributed by atoms with Gasteiger partial charge in [0.15, 0.2) is 0 Å². The normalized spacial score (nSPS) is 10.8. The Morgan fingerprint density at radius 2 is 2.05 bits per heavy atom. The molecule has 0 aliphatic carbocycles. The van der Waals surface area contributed by atoms with E-state index in [2.05, 4.69) is 36.4 Å². The van der Waals surface area contributed by atoms with Crippen molar-refractivity contribution in [1.29, 1.82) is 0 Å². The molecule has 0 fully saturated rings. The van der Waals surface area contributed by atoms with Crippen LogP contribution in [-0.2, 0) is 26.6 Å². The summed E-state index contributed by atoms with van der Waals surface area (Å²) >= 11 is 0. The molecule has 0 unspecified atom stereocenters. The van der Waals surface area contributed by atoms with Crippen molar-refractivity contribution in [3.05, 3.63) is 47.3 Å². The fourth-order valence-corrected chi connectivity index (χ4v) is 2.08. The van der Waals surface area contributed by atoms with Crippen LogP contribution in [0, 0.1) is 0 Å². The van der Waals surface area contributed by atoms with Crippen LogP contribution >= 0.6 is 0 Å². The molecule has 0 bridgehead atoms. The molecule has 1 aromatic heterocycles. The molecule has 0 amide bonds. The lowest BCUT2D eigenvalue weighted by Gasteiger charge is -2.11. The molecule has 0 aliphatic heterocycles. The number of hydrogen-bond acceptors (Lipinski definition) is 3. The molecule has 4 heteroatoms. The van der Waals surface area contributed by atoms with Crippen LogP contribution in [0.4, 0.5) is 0 Å². The third-order valence-electron chi connectivity index (χ3n) is 3.30. The van der Waals surface area contributed by atoms with Crippen LogP contribution in [-0.4, -0.2) is 16.3 Å². The van der Waals surface area contributed by atoms with Crippen LogP contribution in [0.5, 0.6) is 5.75 Å². The van der Waals surface area contributed by atoms with Gasteiger partial charge in [-0.1, -0.05) is 32.0 Å². The maximum atomic E-state index is 5.96. The number of aryl methyl sites for hydroxylation is 2. The van der Waals surface area contributed by atoms with E-state index in [-0.39, 0.29) is 0 Å². The molecule has 2 aromatic rings. The molecule has 1 heterocycles. The van der Waals surface area contributed by atoms with Gasteiger partial charge in [0.25, 0.3) is 0 Å². The Morgan fingerprint density at radius 1 is 1.25 bits per heavy atom. The number of ether oxygens (including phenoxy) is 1. The number of aromatic nitrogens is 2. The van der Waals surface area contributed by atoms with E-state index >= 15 is 0 Å². The zero-order valence-electron chi connectivity index (χ0n) is 12.5. The number of benzene rings is 1. The van der Waals surface area contributed by atoms with Crippen LogP contribution in [0.1, 0.15) is 30.8 Å². The number of rotatable bonds is 7. The van der Waals surface area contributed by atoms with Crippen LogP contribution in [0.15, 0.2) is 30.3 Å². The first-order valence-electron chi connectivity index (χ1n) is 7.17. The van der Waals surface area contributed by atoms with Crippen molar-refractivity contribution in [1.82, 2.24) is 15.1 Å². The lowest BCUT2D eigenvalue weighted by Crippen LogP contribution is -2.13. The molecule has 20 heavy (non-hydrogen) atoms. The SMILES string of the molecule is CCNCc1ccccc1OCc1cc(CC)nn1C. The predicted molar refractivity (Wildman–Crippen MR) is 80.7 cm³/mol. The molecule has 1 aromatic carbocycles. The summed E-state index contributed by atoms with van der Waals surface area (Å²) in [5, 5.41) is 7.77. The van der Waals surface area contributed by atoms with Gasteiger partial charge in [0.2, 0.25) is 0 Å². The minimum Gasteiger partial charge on any atom is -0.487 e. The summed E-state index contributed by atoms with van der Waals surface area (Å²) in [6.45, 7) is 6.55. The lowest BCUT2D eigenvalue weighted by molar-refractivity contribution is 0.291. The van der Waals surface area contributed by atoms with Gasteiger partial charge in [0, 0.05) is 19.2 Å². The average molecular weight is 273 g/mol. The van der Waals surface area contributed by atoms with Gasteiger partial charge >= 0.3 is 0 Å². The Morgan fingerprint density at radius 3 is 2.75 bits per heavy atom. The highest BCUT2D eigenvalue weighted by molar-refractivity contribution is 5.33. The van der Waals surface area contributed by atoms with Gasteiger partial charge in [-0.25, -0.2) is 0 Å². The summed E-state index contributed by atoms with van der Waals surface area (Å²) in [6.07, 6.45) is 0.949. The molecule has 108 valence electrons. The number of nitrogens with zero attached hydrogens (tertiary/aromatic N) is 2. The highest BCUT2D eigenvalue weighted by atomic mass is 16.5. The first kappa shape index (κ1) is 14.6. The molecule has 0 saturated heterocycles. The standard InChI is InChI=1S/C16H23N3O/c1-4-14-10-15(19(3)18-14)12-20-16-9-7-6-8-13(16)11-17-5-2/h6-10,17H,4-5,11-12H2,1-3H3. The Balaban J connectivity index is 2.04. The summed E-state index contributed by atoms with van der Waals surface area (Å²) in [7, 11) is 1.96. The summed E-state index contributed by atoms with van der Waals surface area (Å²) in [6, 6.07) is 10.3. The van der Waals surface area contributed by atoms with Crippen LogP contribution in [0.25, 0.3) is 0 Å². The van der Waals surface area contributed by atoms with E-state index in [9.17, 15) is 0 Å². The number of para-hydroxylation sites is 1. The summed E-state index contributed by atoms with van der Waals surface area (Å²) in [5.74, 6) is 0.938. The van der Waals surface area contributed by atoms with Crippen LogP contribution in [0.3, 0.4) is 0 Å². The fourth-order valence-electron chi connectivity index (χ4n) is 2.08. The Bertz CT molecular complexity index is 548. The smallest absolute Gasteiger partial charge is 0.130 e. The maximum Gasteiger partial charge on any atom is 0.130 e. The number of hydrogen-bond donors (Lipinski definition) is 1. The minimum absolute atomic E-state index is 0.548. The molecule has 0 spiro atoms. The summed E-state index contributed by atoms with van der Waals surface area (Å²) in [5.41, 5.74) is 3.39. The van der Waals surface area contributed by atoms with Gasteiger partial charge in [-0.05, 0) is 25.1 Å². The quantitative estimate of drug-likeness (QED) is 0.843. The highest BCUT2D eigenvalue weighted by Crippen LogP contribution is 2.19. The van der Waals surface area contributed by atoms with Crippen molar-refractivity contribution in [2.24, 2.45) is 7.05 Å². The molecule has 0 aliphatic rings. The van der Waals surface area contributed by atoms with E-state index < -0.39 is 0 Å². The monoisotopic (exact) mass is 273 g/mol. The first-order chi connectivity index (χ1) is 9.74. The molecular formula is C16H23N3O. The summed E-state index contributed by atoms with van der Waals surface area (Å²) < 4.78 is 7.85. The number of nitrogens with one attached hydrogen (secondary N) is 1. The average Bonchev–Trinajstić information content (AvgIpc) is 2.84. The van der Waals surface area contributed by atoms with Crippen molar-refractivity contribution >= 4 is 0 Å². The second kappa shape index (κ2) is 7.10. The van der Waals surface area contributed by atoms with Gasteiger partial charge < -0.3 is 10.1 Å². The topological polar surface area (TPSA) is 39.1 Å². The minimum atomic E-state index is 0.548. The largest absolute Gasteiger partial charge is 0.487 e. The van der Waals surface area contributed by atoms with Gasteiger partial charge in [-0.2, -0.15) is 5.10 Å². The van der Waals surface area contributed by atoms with E-state index in [0.29, 0.717) is 6.61 Å². The summed E-state index contributed by atoms with van der Waals surface area (Å²) in [4.78, 5) is 0. The predicted octanol–water partition coefficient (Wildman–Crippen LogP) is 2.67. The van der Waals surface area contributed by atoms with Crippen molar-refractivity contribution in [3.8, 4) is 5.75 Å². The van der Waals surface area contributed by atoms with Gasteiger partial charge in [-0.3, -0.25) is 4.68 Å². The Kier molecular flexibility index (Phi) is 5.18. The van der Waals surface area contributed by atoms with Gasteiger partial charge in [0.1, 0.15) is 12.4 Å². The molecule has 1 N–H and O–H groups in total. The molecule has 2 rings (SSSR count). The second-order valence-electron chi connectivity index (χ2n) is 4.78. The molecular weight excluding hydrogens is 250 g/mol. The van der Waals surface area contributed by atoms with Gasteiger partial charge in [0.05, 0.1) is 11.4 Å². The molecule has 0 radical (unpaired) electrons. The maximum absolute atomic E-state index is 5.96. The van der Waals surface area contributed by atoms with E-state index in [4.69, 9.17) is 4.74 Å². The van der Waals surface area contributed by atoms with E-state index in [1.807, 2.05) is 29.9 Å². The molecule has 0 atom stereocenters. The van der Waals surface area contributed by atoms with Crippen molar-refractivity contribution < 1.29 is 4.74 Å². The van der Waals surface area contributed by atoms with Crippen molar-refractivity contribution in [3.63, 3.8) is 0 Å². The van der Waals surface area contributed by atoms with E-state index in [1.54, 1.807) is 0 Å². The Hall–Kier alpha value is -1.81. The van der Waals surface area contributed by atoms with E-state index in [1.165, 1.54) is 5.56 Å². The van der Waals surface area contributed by atoms with Crippen molar-refractivity contribution in [2.75, 3.05) is 6.54 Å². The van der Waals surface area contributed by atoms with Crippen LogP contribution < -0.4 is 10.1 Å². The zero-order valence-corrected chi connectivity index (χ0v) is 12.5. The zero-order chi connectivity index (χ0) is 14.4.